The minimum atomic E-state index is -0.0864. The van der Waals surface area contributed by atoms with Crippen molar-refractivity contribution in [2.45, 2.75) is 110 Å². The number of allylic oxidation sites excluding steroid dienone is 2. The van der Waals surface area contributed by atoms with E-state index in [9.17, 15) is 4.79 Å². The quantitative estimate of drug-likeness (QED) is 0.255. The molecule has 0 aromatic rings. The summed E-state index contributed by atoms with van der Waals surface area (Å²) < 4.78 is 0. The van der Waals surface area contributed by atoms with Gasteiger partial charge >= 0.3 is 0 Å². The van der Waals surface area contributed by atoms with E-state index in [2.05, 4.69) is 36.6 Å². The van der Waals surface area contributed by atoms with Gasteiger partial charge in [0, 0.05) is 19.0 Å². The van der Waals surface area contributed by atoms with Gasteiger partial charge in [0.25, 0.3) is 0 Å². The second-order valence-electron chi connectivity index (χ2n) is 7.87. The van der Waals surface area contributed by atoms with E-state index in [1.165, 1.54) is 77.0 Å². The van der Waals surface area contributed by atoms with Crippen LogP contribution in [-0.4, -0.2) is 25.0 Å². The lowest BCUT2D eigenvalue weighted by molar-refractivity contribution is -0.125. The van der Waals surface area contributed by atoms with Crippen LogP contribution in [0.15, 0.2) is 12.2 Å². The SMILES string of the molecule is CCCCCCCC/C=C\CCCCCCC(CC)C(=O)C1NCCN1. The fourth-order valence-electron chi connectivity index (χ4n) is 3.77. The van der Waals surface area contributed by atoms with E-state index in [4.69, 9.17) is 0 Å². The number of hydrogen-bond acceptors (Lipinski definition) is 3. The molecule has 2 N–H and O–H groups in total. The lowest BCUT2D eigenvalue weighted by atomic mass is 9.92. The molecule has 1 unspecified atom stereocenters. The highest BCUT2D eigenvalue weighted by Crippen LogP contribution is 2.17. The second-order valence-corrected chi connectivity index (χ2v) is 7.87. The van der Waals surface area contributed by atoms with Crippen molar-refractivity contribution in [3.8, 4) is 0 Å². The van der Waals surface area contributed by atoms with Crippen molar-refractivity contribution < 1.29 is 4.79 Å². The molecule has 1 heterocycles. The maximum Gasteiger partial charge on any atom is 0.167 e. The summed E-state index contributed by atoms with van der Waals surface area (Å²) in [4.78, 5) is 12.4. The average molecular weight is 365 g/mol. The van der Waals surface area contributed by atoms with Crippen molar-refractivity contribution in [1.82, 2.24) is 10.6 Å². The molecule has 0 bridgehead atoms. The van der Waals surface area contributed by atoms with E-state index < -0.39 is 0 Å². The van der Waals surface area contributed by atoms with Crippen molar-refractivity contribution in [3.05, 3.63) is 12.2 Å². The molecule has 1 rings (SSSR count). The molecule has 0 spiro atoms. The third-order valence-corrected chi connectivity index (χ3v) is 5.57. The second kappa shape index (κ2) is 16.5. The Bertz CT molecular complexity index is 361. The Kier molecular flexibility index (Phi) is 14.8. The molecule has 152 valence electrons. The molecule has 0 radical (unpaired) electrons. The Balaban J connectivity index is 1.91. The van der Waals surface area contributed by atoms with E-state index in [-0.39, 0.29) is 12.1 Å². The van der Waals surface area contributed by atoms with E-state index in [1.807, 2.05) is 0 Å². The van der Waals surface area contributed by atoms with Crippen LogP contribution in [0.25, 0.3) is 0 Å². The number of unbranched alkanes of at least 4 members (excludes halogenated alkanes) is 10. The Morgan fingerprint density at radius 3 is 1.96 bits per heavy atom. The third-order valence-electron chi connectivity index (χ3n) is 5.57. The summed E-state index contributed by atoms with van der Waals surface area (Å²) in [6.45, 7) is 6.25. The van der Waals surface area contributed by atoms with Gasteiger partial charge in [-0.3, -0.25) is 15.4 Å². The molecule has 1 fully saturated rings. The molecule has 1 atom stereocenters. The predicted molar refractivity (Wildman–Crippen MR) is 113 cm³/mol. The highest BCUT2D eigenvalue weighted by Gasteiger charge is 2.27. The zero-order valence-electron chi connectivity index (χ0n) is 17.5. The first-order valence-corrected chi connectivity index (χ1v) is 11.4. The molecule has 26 heavy (non-hydrogen) atoms. The first-order valence-electron chi connectivity index (χ1n) is 11.4. The van der Waals surface area contributed by atoms with Crippen LogP contribution < -0.4 is 10.6 Å². The topological polar surface area (TPSA) is 41.1 Å². The summed E-state index contributed by atoms with van der Waals surface area (Å²) in [5.74, 6) is 0.609. The largest absolute Gasteiger partial charge is 0.296 e. The zero-order valence-corrected chi connectivity index (χ0v) is 17.5. The van der Waals surface area contributed by atoms with Crippen LogP contribution in [0, 0.1) is 5.92 Å². The van der Waals surface area contributed by atoms with Gasteiger partial charge in [0.2, 0.25) is 0 Å². The Labute approximate surface area is 162 Å². The van der Waals surface area contributed by atoms with Gasteiger partial charge in [0.15, 0.2) is 5.78 Å². The lowest BCUT2D eigenvalue weighted by Gasteiger charge is -2.18. The molecule has 0 aromatic carbocycles. The molecule has 3 nitrogen and oxygen atoms in total. The van der Waals surface area contributed by atoms with Crippen LogP contribution in [0.3, 0.4) is 0 Å². The molecule has 0 aliphatic carbocycles. The fraction of sp³-hybridized carbons (Fsp3) is 0.870. The number of Topliss-reactive ketones (excluding diaryl/α,β-unsaturated/α-hetero) is 1. The zero-order chi connectivity index (χ0) is 18.9. The van der Waals surface area contributed by atoms with Crippen molar-refractivity contribution in [3.63, 3.8) is 0 Å². The fourth-order valence-corrected chi connectivity index (χ4v) is 3.77. The van der Waals surface area contributed by atoms with E-state index in [0.29, 0.717) is 5.78 Å². The van der Waals surface area contributed by atoms with Crippen molar-refractivity contribution in [2.75, 3.05) is 13.1 Å². The van der Waals surface area contributed by atoms with Crippen LogP contribution in [0.5, 0.6) is 0 Å². The summed E-state index contributed by atoms with van der Waals surface area (Å²) in [5, 5.41) is 6.51. The van der Waals surface area contributed by atoms with Gasteiger partial charge < -0.3 is 0 Å². The summed E-state index contributed by atoms with van der Waals surface area (Å²) in [6.07, 6.45) is 22.6. The van der Waals surface area contributed by atoms with Gasteiger partial charge in [-0.1, -0.05) is 77.4 Å². The molecular formula is C23H44N2O. The van der Waals surface area contributed by atoms with Gasteiger partial charge in [-0.2, -0.15) is 0 Å². The minimum Gasteiger partial charge on any atom is -0.296 e. The maximum atomic E-state index is 12.4. The normalized spacial score (nSPS) is 16.5. The van der Waals surface area contributed by atoms with Crippen LogP contribution in [0.2, 0.25) is 0 Å². The standard InChI is InChI=1S/C23H44N2O/c1-3-5-6-7-8-9-10-11-12-13-14-15-16-17-18-21(4-2)22(26)23-24-19-20-25-23/h11-12,21,23-25H,3-10,13-20H2,1-2H3/b12-11-. The number of hydrogen-bond donors (Lipinski definition) is 2. The molecule has 0 aromatic heterocycles. The van der Waals surface area contributed by atoms with Gasteiger partial charge in [0.1, 0.15) is 6.17 Å². The number of carbonyl (C=O) groups is 1. The van der Waals surface area contributed by atoms with E-state index in [0.717, 1.165) is 25.9 Å². The van der Waals surface area contributed by atoms with Gasteiger partial charge in [-0.25, -0.2) is 0 Å². The summed E-state index contributed by atoms with van der Waals surface area (Å²) in [7, 11) is 0. The number of ketones is 1. The number of rotatable bonds is 17. The maximum absolute atomic E-state index is 12.4. The highest BCUT2D eigenvalue weighted by atomic mass is 16.1. The Hall–Kier alpha value is -0.670. The monoisotopic (exact) mass is 364 g/mol. The molecule has 1 aliphatic rings. The van der Waals surface area contributed by atoms with Crippen LogP contribution in [-0.2, 0) is 4.79 Å². The molecule has 1 aliphatic heterocycles. The molecular weight excluding hydrogens is 320 g/mol. The molecule has 1 saturated heterocycles. The van der Waals surface area contributed by atoms with Crippen molar-refractivity contribution in [2.24, 2.45) is 5.92 Å². The van der Waals surface area contributed by atoms with Crippen LogP contribution in [0.1, 0.15) is 104 Å². The molecule has 0 saturated carbocycles. The minimum absolute atomic E-state index is 0.0864. The van der Waals surface area contributed by atoms with Gasteiger partial charge in [-0.15, -0.1) is 0 Å². The predicted octanol–water partition coefficient (Wildman–Crippen LogP) is 5.75. The van der Waals surface area contributed by atoms with Gasteiger partial charge in [-0.05, 0) is 38.5 Å². The summed E-state index contributed by atoms with van der Waals surface area (Å²) >= 11 is 0. The van der Waals surface area contributed by atoms with Crippen molar-refractivity contribution >= 4 is 5.78 Å². The summed E-state index contributed by atoms with van der Waals surface area (Å²) in [6, 6.07) is 0. The van der Waals surface area contributed by atoms with E-state index >= 15 is 0 Å². The number of carbonyl (C=O) groups excluding carboxylic acids is 1. The molecule has 3 heteroatoms. The first kappa shape index (κ1) is 23.4. The third kappa shape index (κ3) is 11.1. The number of nitrogens with one attached hydrogen (secondary N) is 2. The highest BCUT2D eigenvalue weighted by molar-refractivity contribution is 5.86. The van der Waals surface area contributed by atoms with E-state index in [1.54, 1.807) is 0 Å². The first-order chi connectivity index (χ1) is 12.8. The smallest absolute Gasteiger partial charge is 0.167 e. The Morgan fingerprint density at radius 2 is 1.38 bits per heavy atom. The Morgan fingerprint density at radius 1 is 0.846 bits per heavy atom. The van der Waals surface area contributed by atoms with Crippen LogP contribution >= 0.6 is 0 Å². The lowest BCUT2D eigenvalue weighted by Crippen LogP contribution is -2.42. The summed E-state index contributed by atoms with van der Waals surface area (Å²) in [5.41, 5.74) is 0. The molecule has 0 amide bonds. The average Bonchev–Trinajstić information content (AvgIpc) is 3.19. The van der Waals surface area contributed by atoms with Crippen molar-refractivity contribution in [1.29, 1.82) is 0 Å². The van der Waals surface area contributed by atoms with Crippen LogP contribution in [0.4, 0.5) is 0 Å². The van der Waals surface area contributed by atoms with Gasteiger partial charge in [0.05, 0.1) is 0 Å².